The molecule has 0 aromatic heterocycles. The van der Waals surface area contributed by atoms with E-state index in [0.717, 1.165) is 25.1 Å². The highest BCUT2D eigenvalue weighted by molar-refractivity contribution is 6.18. The van der Waals surface area contributed by atoms with E-state index in [4.69, 9.17) is 11.6 Å². The smallest absolute Gasteiger partial charge is 0.116 e. The number of para-hydroxylation sites is 1. The zero-order valence-corrected chi connectivity index (χ0v) is 11.4. The summed E-state index contributed by atoms with van der Waals surface area (Å²) in [6.45, 7) is 0.774. The first-order valence-corrected chi connectivity index (χ1v) is 7.06. The van der Waals surface area contributed by atoms with E-state index in [-0.39, 0.29) is 0 Å². The molecule has 2 nitrogen and oxygen atoms in total. The molecule has 0 bridgehead atoms. The van der Waals surface area contributed by atoms with Gasteiger partial charge in [-0.1, -0.05) is 18.2 Å². The summed E-state index contributed by atoms with van der Waals surface area (Å²) in [6, 6.07) is 14.0. The Morgan fingerprint density at radius 3 is 2.58 bits per heavy atom. The van der Waals surface area contributed by atoms with E-state index in [9.17, 15) is 5.11 Å². The summed E-state index contributed by atoms with van der Waals surface area (Å²) in [6.07, 6.45) is 1.94. The summed E-state index contributed by atoms with van der Waals surface area (Å²) in [5, 5.41) is 9.67. The second-order valence-electron chi connectivity index (χ2n) is 4.78. The predicted octanol–water partition coefficient (Wildman–Crippen LogP) is 3.87. The van der Waals surface area contributed by atoms with E-state index in [1.807, 2.05) is 12.1 Å². The number of benzene rings is 2. The lowest BCUT2D eigenvalue weighted by Crippen LogP contribution is -2.20. The van der Waals surface area contributed by atoms with Crippen LogP contribution in [0.25, 0.3) is 0 Å². The molecule has 0 aliphatic carbocycles. The fourth-order valence-electron chi connectivity index (χ4n) is 2.75. The van der Waals surface area contributed by atoms with Crippen molar-refractivity contribution in [1.29, 1.82) is 0 Å². The van der Waals surface area contributed by atoms with Crippen LogP contribution in [0.2, 0.25) is 0 Å². The molecular weight excluding hydrogens is 258 g/mol. The largest absolute Gasteiger partial charge is 0.508 e. The highest BCUT2D eigenvalue weighted by Gasteiger charge is 2.19. The lowest BCUT2D eigenvalue weighted by molar-refractivity contribution is 0.474. The first-order chi connectivity index (χ1) is 9.29. The fraction of sp³-hybridized carbons (Fsp3) is 0.250. The SMILES string of the molecule is Oc1ccc2c(c1)CCc1ccccc1N2CCCl. The van der Waals surface area contributed by atoms with Gasteiger partial charge >= 0.3 is 0 Å². The molecule has 1 N–H and O–H groups in total. The number of rotatable bonds is 2. The van der Waals surface area contributed by atoms with E-state index in [1.54, 1.807) is 6.07 Å². The van der Waals surface area contributed by atoms with Crippen molar-refractivity contribution in [1.82, 2.24) is 0 Å². The number of phenolic OH excluding ortho intramolecular Hbond substituents is 1. The summed E-state index contributed by atoms with van der Waals surface area (Å²) in [7, 11) is 0. The maximum absolute atomic E-state index is 9.67. The molecule has 98 valence electrons. The van der Waals surface area contributed by atoms with Crippen LogP contribution in [0.3, 0.4) is 0 Å². The van der Waals surface area contributed by atoms with Gasteiger partial charge in [-0.2, -0.15) is 0 Å². The number of halogens is 1. The third-order valence-corrected chi connectivity index (χ3v) is 3.78. The van der Waals surface area contributed by atoms with Gasteiger partial charge in [-0.15, -0.1) is 11.6 Å². The van der Waals surface area contributed by atoms with Crippen molar-refractivity contribution in [2.75, 3.05) is 17.3 Å². The van der Waals surface area contributed by atoms with Gasteiger partial charge in [-0.05, 0) is 48.2 Å². The molecule has 0 radical (unpaired) electrons. The minimum atomic E-state index is 0.329. The quantitative estimate of drug-likeness (QED) is 0.840. The molecular formula is C16H16ClNO. The Hall–Kier alpha value is -1.67. The van der Waals surface area contributed by atoms with Gasteiger partial charge in [-0.3, -0.25) is 0 Å². The zero-order valence-electron chi connectivity index (χ0n) is 10.6. The second-order valence-corrected chi connectivity index (χ2v) is 5.16. The van der Waals surface area contributed by atoms with E-state index in [1.165, 1.54) is 16.8 Å². The summed E-state index contributed by atoms with van der Waals surface area (Å²) < 4.78 is 0. The van der Waals surface area contributed by atoms with Crippen LogP contribution in [0, 0.1) is 0 Å². The van der Waals surface area contributed by atoms with Gasteiger partial charge in [0.25, 0.3) is 0 Å². The molecule has 3 heteroatoms. The van der Waals surface area contributed by atoms with Gasteiger partial charge in [0.1, 0.15) is 5.75 Å². The lowest BCUT2D eigenvalue weighted by Gasteiger charge is -2.26. The highest BCUT2D eigenvalue weighted by Crippen LogP contribution is 2.37. The molecule has 19 heavy (non-hydrogen) atoms. The normalized spacial score (nSPS) is 13.6. The molecule has 1 aliphatic heterocycles. The minimum Gasteiger partial charge on any atom is -0.508 e. The van der Waals surface area contributed by atoms with Crippen molar-refractivity contribution in [3.63, 3.8) is 0 Å². The van der Waals surface area contributed by atoms with Crippen molar-refractivity contribution in [2.24, 2.45) is 0 Å². The number of hydrogen-bond donors (Lipinski definition) is 1. The predicted molar refractivity (Wildman–Crippen MR) is 79.7 cm³/mol. The van der Waals surface area contributed by atoms with Gasteiger partial charge in [0.2, 0.25) is 0 Å². The molecule has 0 fully saturated rings. The Morgan fingerprint density at radius 2 is 1.74 bits per heavy atom. The number of phenols is 1. The molecule has 0 unspecified atom stereocenters. The van der Waals surface area contributed by atoms with Crippen molar-refractivity contribution in [3.8, 4) is 5.75 Å². The lowest BCUT2D eigenvalue weighted by atomic mass is 10.0. The Morgan fingerprint density at radius 1 is 1.00 bits per heavy atom. The van der Waals surface area contributed by atoms with Gasteiger partial charge in [0.15, 0.2) is 0 Å². The Balaban J connectivity index is 2.15. The molecule has 2 aromatic carbocycles. The molecule has 0 atom stereocenters. The van der Waals surface area contributed by atoms with Crippen molar-refractivity contribution < 1.29 is 5.11 Å². The average molecular weight is 274 g/mol. The number of aryl methyl sites for hydroxylation is 2. The number of anilines is 2. The van der Waals surface area contributed by atoms with Crippen LogP contribution in [0.4, 0.5) is 11.4 Å². The van der Waals surface area contributed by atoms with Crippen LogP contribution in [-0.2, 0) is 12.8 Å². The molecule has 0 saturated carbocycles. The first-order valence-electron chi connectivity index (χ1n) is 6.53. The standard InChI is InChI=1S/C16H16ClNO/c17-9-10-18-15-4-2-1-3-12(15)5-6-13-11-14(19)7-8-16(13)18/h1-4,7-8,11,19H,5-6,9-10H2. The molecule has 1 aliphatic rings. The molecule has 0 saturated heterocycles. The van der Waals surface area contributed by atoms with E-state index in [2.05, 4.69) is 29.2 Å². The number of hydrogen-bond acceptors (Lipinski definition) is 2. The number of aromatic hydroxyl groups is 1. The number of alkyl halides is 1. The Bertz CT molecular complexity index is 597. The molecule has 1 heterocycles. The number of nitrogens with zero attached hydrogens (tertiary/aromatic N) is 1. The van der Waals surface area contributed by atoms with Gasteiger partial charge in [0.05, 0.1) is 0 Å². The van der Waals surface area contributed by atoms with Crippen LogP contribution in [0.1, 0.15) is 11.1 Å². The van der Waals surface area contributed by atoms with Gasteiger partial charge in [-0.25, -0.2) is 0 Å². The molecule has 2 aromatic rings. The Labute approximate surface area is 118 Å². The third-order valence-electron chi connectivity index (χ3n) is 3.61. The average Bonchev–Trinajstić information content (AvgIpc) is 2.57. The summed E-state index contributed by atoms with van der Waals surface area (Å²) >= 11 is 5.96. The first kappa shape index (κ1) is 12.4. The summed E-state index contributed by atoms with van der Waals surface area (Å²) in [5.41, 5.74) is 4.90. The molecule has 0 spiro atoms. The van der Waals surface area contributed by atoms with Crippen LogP contribution in [0.5, 0.6) is 5.75 Å². The monoisotopic (exact) mass is 273 g/mol. The molecule has 0 amide bonds. The van der Waals surface area contributed by atoms with Crippen LogP contribution >= 0.6 is 11.6 Å². The van der Waals surface area contributed by atoms with Crippen molar-refractivity contribution in [2.45, 2.75) is 12.8 Å². The van der Waals surface area contributed by atoms with E-state index < -0.39 is 0 Å². The van der Waals surface area contributed by atoms with Crippen LogP contribution < -0.4 is 4.90 Å². The minimum absolute atomic E-state index is 0.329. The maximum atomic E-state index is 9.67. The summed E-state index contributed by atoms with van der Waals surface area (Å²) in [4.78, 5) is 2.25. The van der Waals surface area contributed by atoms with E-state index in [0.29, 0.717) is 11.6 Å². The van der Waals surface area contributed by atoms with Gasteiger partial charge < -0.3 is 10.0 Å². The molecule has 3 rings (SSSR count). The van der Waals surface area contributed by atoms with Gasteiger partial charge in [0, 0.05) is 23.8 Å². The van der Waals surface area contributed by atoms with Crippen molar-refractivity contribution in [3.05, 3.63) is 53.6 Å². The highest BCUT2D eigenvalue weighted by atomic mass is 35.5. The summed E-state index contributed by atoms with van der Waals surface area (Å²) in [5.74, 6) is 0.907. The van der Waals surface area contributed by atoms with Crippen LogP contribution in [-0.4, -0.2) is 17.5 Å². The third kappa shape index (κ3) is 2.28. The van der Waals surface area contributed by atoms with Crippen molar-refractivity contribution >= 4 is 23.0 Å². The Kier molecular flexibility index (Phi) is 3.34. The van der Waals surface area contributed by atoms with Crippen LogP contribution in [0.15, 0.2) is 42.5 Å². The topological polar surface area (TPSA) is 23.5 Å². The fourth-order valence-corrected chi connectivity index (χ4v) is 2.91. The second kappa shape index (κ2) is 5.14. The zero-order chi connectivity index (χ0) is 13.2. The maximum Gasteiger partial charge on any atom is 0.116 e. The number of fused-ring (bicyclic) bond motifs is 2. The van der Waals surface area contributed by atoms with E-state index >= 15 is 0 Å².